The lowest BCUT2D eigenvalue weighted by Crippen LogP contribution is -2.55. The number of carbonyl (C=O) groups excluding carboxylic acids is 2. The number of aryl methyl sites for hydroxylation is 1. The number of carbonyl (C=O) groups is 2. The number of nitrogens with one attached hydrogen (secondary N) is 2. The molecule has 204 valence electrons. The second-order valence-electron chi connectivity index (χ2n) is 9.95. The van der Waals surface area contributed by atoms with E-state index >= 15 is 4.39 Å². The maximum Gasteiger partial charge on any atom is 0.263 e. The molecule has 2 aromatic carbocycles. The average molecular weight is 534 g/mol. The van der Waals surface area contributed by atoms with Gasteiger partial charge in [-0.1, -0.05) is 26.0 Å². The van der Waals surface area contributed by atoms with Crippen LogP contribution in [0.2, 0.25) is 0 Å². The minimum absolute atomic E-state index is 0.129. The summed E-state index contributed by atoms with van der Waals surface area (Å²) >= 11 is 0. The Labute approximate surface area is 225 Å². The van der Waals surface area contributed by atoms with Gasteiger partial charge in [-0.2, -0.15) is 0 Å². The van der Waals surface area contributed by atoms with Gasteiger partial charge >= 0.3 is 0 Å². The van der Waals surface area contributed by atoms with Crippen molar-refractivity contribution in [3.63, 3.8) is 0 Å². The van der Waals surface area contributed by atoms with Gasteiger partial charge < -0.3 is 15.7 Å². The summed E-state index contributed by atoms with van der Waals surface area (Å²) in [6.07, 6.45) is 1.05. The van der Waals surface area contributed by atoms with Gasteiger partial charge in [-0.05, 0) is 61.6 Å². The molecule has 1 unspecified atom stereocenters. The molecule has 2 heterocycles. The number of amides is 2. The van der Waals surface area contributed by atoms with Crippen LogP contribution in [0.4, 0.5) is 33.0 Å². The van der Waals surface area contributed by atoms with Gasteiger partial charge in [0.25, 0.3) is 11.5 Å². The number of anilines is 5. The van der Waals surface area contributed by atoms with E-state index < -0.39 is 18.1 Å². The van der Waals surface area contributed by atoms with Crippen molar-refractivity contribution in [3.8, 4) is 0 Å². The van der Waals surface area contributed by atoms with E-state index in [2.05, 4.69) is 10.6 Å². The fourth-order valence-electron chi connectivity index (χ4n) is 5.16. The van der Waals surface area contributed by atoms with Crippen LogP contribution in [0.5, 0.6) is 0 Å². The lowest BCUT2D eigenvalue weighted by atomic mass is 10.00. The minimum Gasteiger partial charge on any atom is -0.356 e. The number of aliphatic hydroxyl groups is 1. The Kier molecular flexibility index (Phi) is 6.90. The standard InChI is InChI=1S/C29H32FN5O4/c1-5-17-10-13-23(22(30)14-17)32-26-24-25(21(6-2)27(37)33(26)4)34(29(39)35(28(24)38)19-11-12-19)20-9-7-8-18(15-20)31-16(3)36/h7-10,13-15,19,29,32,39H,5-6,11-12H2,1-4H3,(H,31,36). The summed E-state index contributed by atoms with van der Waals surface area (Å²) in [6.45, 7) is 5.13. The quantitative estimate of drug-likeness (QED) is 0.416. The summed E-state index contributed by atoms with van der Waals surface area (Å²) < 4.78 is 16.4. The maximum absolute atomic E-state index is 15.1. The molecular formula is C29H32FN5O4. The second kappa shape index (κ2) is 10.2. The van der Waals surface area contributed by atoms with Gasteiger partial charge in [0.1, 0.15) is 17.2 Å². The van der Waals surface area contributed by atoms with Crippen molar-refractivity contribution in [1.82, 2.24) is 9.47 Å². The Bertz CT molecular complexity index is 1530. The van der Waals surface area contributed by atoms with Crippen LogP contribution >= 0.6 is 0 Å². The first kappa shape index (κ1) is 26.4. The highest BCUT2D eigenvalue weighted by molar-refractivity contribution is 6.08. The van der Waals surface area contributed by atoms with Crippen LogP contribution in [0.3, 0.4) is 0 Å². The molecule has 1 atom stereocenters. The molecule has 39 heavy (non-hydrogen) atoms. The Morgan fingerprint density at radius 2 is 1.85 bits per heavy atom. The van der Waals surface area contributed by atoms with Crippen LogP contribution < -0.4 is 21.1 Å². The highest BCUT2D eigenvalue weighted by Crippen LogP contribution is 2.45. The molecule has 0 spiro atoms. The number of hydrogen-bond donors (Lipinski definition) is 3. The summed E-state index contributed by atoms with van der Waals surface area (Å²) in [7, 11) is 1.55. The number of pyridine rings is 1. The van der Waals surface area contributed by atoms with E-state index in [0.29, 0.717) is 29.8 Å². The molecule has 10 heteroatoms. The van der Waals surface area contributed by atoms with Gasteiger partial charge in [0.2, 0.25) is 12.3 Å². The molecule has 2 aliphatic rings. The van der Waals surface area contributed by atoms with E-state index in [4.69, 9.17) is 0 Å². The molecule has 3 aromatic rings. The maximum atomic E-state index is 15.1. The molecule has 0 saturated heterocycles. The van der Waals surface area contributed by atoms with E-state index in [1.165, 1.54) is 22.5 Å². The number of aliphatic hydroxyl groups excluding tert-OH is 1. The fraction of sp³-hybridized carbons (Fsp3) is 0.345. The van der Waals surface area contributed by atoms with Gasteiger partial charge in [0.15, 0.2) is 0 Å². The zero-order chi connectivity index (χ0) is 28.0. The first-order valence-corrected chi connectivity index (χ1v) is 13.1. The largest absolute Gasteiger partial charge is 0.356 e. The van der Waals surface area contributed by atoms with Gasteiger partial charge in [-0.3, -0.25) is 28.8 Å². The smallest absolute Gasteiger partial charge is 0.263 e. The number of halogens is 1. The Morgan fingerprint density at radius 1 is 1.10 bits per heavy atom. The third-order valence-electron chi connectivity index (χ3n) is 7.26. The second-order valence-corrected chi connectivity index (χ2v) is 9.95. The number of nitrogens with zero attached hydrogens (tertiary/aromatic N) is 3. The molecule has 0 bridgehead atoms. The van der Waals surface area contributed by atoms with Crippen molar-refractivity contribution in [2.24, 2.45) is 7.05 Å². The normalized spacial score (nSPS) is 16.8. The summed E-state index contributed by atoms with van der Waals surface area (Å²) in [5.74, 6) is -1.06. The molecule has 1 saturated carbocycles. The van der Waals surface area contributed by atoms with E-state index in [-0.39, 0.29) is 40.3 Å². The zero-order valence-corrected chi connectivity index (χ0v) is 22.4. The summed E-state index contributed by atoms with van der Waals surface area (Å²) in [5.41, 5.74) is 2.35. The first-order chi connectivity index (χ1) is 18.7. The van der Waals surface area contributed by atoms with Crippen LogP contribution in [0.25, 0.3) is 0 Å². The fourth-order valence-corrected chi connectivity index (χ4v) is 5.16. The van der Waals surface area contributed by atoms with Crippen molar-refractivity contribution in [2.75, 3.05) is 15.5 Å². The topological polar surface area (TPSA) is 107 Å². The Balaban J connectivity index is 1.77. The third kappa shape index (κ3) is 4.65. The molecule has 1 aliphatic carbocycles. The highest BCUT2D eigenvalue weighted by Gasteiger charge is 2.47. The van der Waals surface area contributed by atoms with Crippen LogP contribution in [-0.4, -0.2) is 38.8 Å². The molecule has 9 nitrogen and oxygen atoms in total. The van der Waals surface area contributed by atoms with Crippen LogP contribution in [0.1, 0.15) is 55.1 Å². The van der Waals surface area contributed by atoms with Crippen LogP contribution in [0.15, 0.2) is 47.3 Å². The monoisotopic (exact) mass is 533 g/mol. The predicted octanol–water partition coefficient (Wildman–Crippen LogP) is 4.38. The molecular weight excluding hydrogens is 501 g/mol. The summed E-state index contributed by atoms with van der Waals surface area (Å²) in [4.78, 5) is 42.4. The van der Waals surface area contributed by atoms with E-state index in [1.807, 2.05) is 13.8 Å². The number of aromatic nitrogens is 1. The lowest BCUT2D eigenvalue weighted by molar-refractivity contribution is -0.114. The Morgan fingerprint density at radius 3 is 2.46 bits per heavy atom. The molecule has 1 fully saturated rings. The van der Waals surface area contributed by atoms with Crippen molar-refractivity contribution in [3.05, 3.63) is 75.3 Å². The van der Waals surface area contributed by atoms with Gasteiger partial charge in [0.05, 0.1) is 11.4 Å². The van der Waals surface area contributed by atoms with Gasteiger partial charge in [-0.25, -0.2) is 4.39 Å². The molecule has 0 radical (unpaired) electrons. The third-order valence-corrected chi connectivity index (χ3v) is 7.26. The number of fused-ring (bicyclic) bond motifs is 1. The van der Waals surface area contributed by atoms with Gasteiger partial charge in [-0.15, -0.1) is 0 Å². The zero-order valence-electron chi connectivity index (χ0n) is 22.4. The molecule has 2 amide bonds. The number of hydrogen-bond acceptors (Lipinski definition) is 6. The Hall–Kier alpha value is -4.18. The first-order valence-electron chi connectivity index (χ1n) is 13.1. The SMILES string of the molecule is CCc1ccc(Nc2c3c(c(CC)c(=O)n2C)N(c2cccc(NC(C)=O)c2)C(O)N(C2CC2)C3=O)c(F)c1. The van der Waals surface area contributed by atoms with E-state index in [9.17, 15) is 19.5 Å². The van der Waals surface area contributed by atoms with Crippen LogP contribution in [-0.2, 0) is 24.7 Å². The van der Waals surface area contributed by atoms with Gasteiger partial charge in [0, 0.05) is 37.0 Å². The molecule has 1 aromatic heterocycles. The van der Waals surface area contributed by atoms with Crippen molar-refractivity contribution < 1.29 is 19.1 Å². The van der Waals surface area contributed by atoms with Crippen molar-refractivity contribution in [1.29, 1.82) is 0 Å². The number of benzene rings is 2. The molecule has 1 aliphatic heterocycles. The lowest BCUT2D eigenvalue weighted by Gasteiger charge is -2.44. The molecule has 3 N–H and O–H groups in total. The molecule has 5 rings (SSSR count). The average Bonchev–Trinajstić information content (AvgIpc) is 3.73. The summed E-state index contributed by atoms with van der Waals surface area (Å²) in [5, 5.41) is 17.4. The van der Waals surface area contributed by atoms with Crippen LogP contribution in [0, 0.1) is 5.82 Å². The minimum atomic E-state index is -1.38. The number of rotatable bonds is 7. The van der Waals surface area contributed by atoms with Crippen molar-refractivity contribution >= 4 is 40.4 Å². The summed E-state index contributed by atoms with van der Waals surface area (Å²) in [6, 6.07) is 11.5. The van der Waals surface area contributed by atoms with E-state index in [0.717, 1.165) is 18.4 Å². The predicted molar refractivity (Wildman–Crippen MR) is 148 cm³/mol. The van der Waals surface area contributed by atoms with Crippen molar-refractivity contribution in [2.45, 2.75) is 58.8 Å². The highest BCUT2D eigenvalue weighted by atomic mass is 19.1. The van der Waals surface area contributed by atoms with E-state index in [1.54, 1.807) is 48.3 Å².